The molecule has 0 saturated heterocycles. The van der Waals surface area contributed by atoms with E-state index in [2.05, 4.69) is 5.32 Å². The second kappa shape index (κ2) is 13.1. The lowest BCUT2D eigenvalue weighted by Gasteiger charge is -2.33. The molecule has 0 aliphatic rings. The smallest absolute Gasteiger partial charge is 0.244 e. The average Bonchev–Trinajstić information content (AvgIpc) is 2.80. The van der Waals surface area contributed by atoms with Crippen LogP contribution in [0.5, 0.6) is 5.75 Å². The largest absolute Gasteiger partial charge is 0.492 e. The van der Waals surface area contributed by atoms with E-state index in [4.69, 9.17) is 4.74 Å². The molecular weight excluding hydrogens is 466 g/mol. The highest BCUT2D eigenvalue weighted by Crippen LogP contribution is 2.30. The van der Waals surface area contributed by atoms with Gasteiger partial charge in [0.2, 0.25) is 21.8 Å². The zero-order valence-electron chi connectivity index (χ0n) is 21.2. The minimum atomic E-state index is -3.82. The van der Waals surface area contributed by atoms with Crippen molar-refractivity contribution in [2.75, 3.05) is 30.3 Å². The first kappa shape index (κ1) is 28.2. The number of hydrogen-bond donors (Lipinski definition) is 1. The van der Waals surface area contributed by atoms with Crippen LogP contribution in [-0.4, -0.2) is 63.2 Å². The summed E-state index contributed by atoms with van der Waals surface area (Å²) < 4.78 is 32.2. The summed E-state index contributed by atoms with van der Waals surface area (Å²) >= 11 is 0. The van der Waals surface area contributed by atoms with Gasteiger partial charge in [0.25, 0.3) is 0 Å². The van der Waals surface area contributed by atoms with Gasteiger partial charge in [-0.15, -0.1) is 0 Å². The van der Waals surface area contributed by atoms with Gasteiger partial charge in [-0.3, -0.25) is 13.9 Å². The third kappa shape index (κ3) is 8.28. The Morgan fingerprint density at radius 2 is 1.63 bits per heavy atom. The Kier molecular flexibility index (Phi) is 10.6. The fraction of sp³-hybridized carbons (Fsp3) is 0.462. The van der Waals surface area contributed by atoms with Crippen LogP contribution in [0.1, 0.15) is 39.7 Å². The summed E-state index contributed by atoms with van der Waals surface area (Å²) in [6, 6.07) is 15.6. The van der Waals surface area contributed by atoms with Gasteiger partial charge >= 0.3 is 0 Å². The molecule has 1 unspecified atom stereocenters. The number of anilines is 1. The Hall–Kier alpha value is -3.07. The lowest BCUT2D eigenvalue weighted by molar-refractivity contribution is -0.139. The zero-order valence-corrected chi connectivity index (χ0v) is 22.0. The number of carbonyl (C=O) groups is 2. The number of hydrogen-bond acceptors (Lipinski definition) is 5. The molecule has 192 valence electrons. The van der Waals surface area contributed by atoms with Crippen molar-refractivity contribution in [3.8, 4) is 5.75 Å². The summed E-state index contributed by atoms with van der Waals surface area (Å²) in [6.07, 6.45) is 1.99. The summed E-state index contributed by atoms with van der Waals surface area (Å²) in [4.78, 5) is 28.1. The van der Waals surface area contributed by atoms with E-state index in [1.807, 2.05) is 51.1 Å². The fourth-order valence-corrected chi connectivity index (χ4v) is 4.67. The molecule has 2 amide bonds. The standard InChI is InChI=1S/C26H37N3O5S/c1-6-22(26(31)27-20(3)4)28(18-17-21-13-9-8-10-14-21)25(30)19-29(35(5,32)33)23-15-11-12-16-24(23)34-7-2/h8-16,20,22H,6-7,17-19H2,1-5H3,(H,27,31). The molecule has 0 spiro atoms. The van der Waals surface area contributed by atoms with Crippen molar-refractivity contribution >= 4 is 27.5 Å². The van der Waals surface area contributed by atoms with E-state index in [0.29, 0.717) is 25.2 Å². The fourth-order valence-electron chi connectivity index (χ4n) is 3.81. The average molecular weight is 504 g/mol. The lowest BCUT2D eigenvalue weighted by Crippen LogP contribution is -2.54. The molecule has 2 aromatic carbocycles. The SMILES string of the molecule is CCOc1ccccc1N(CC(=O)N(CCc1ccccc1)C(CC)C(=O)NC(C)C)S(C)(=O)=O. The maximum atomic E-state index is 13.7. The van der Waals surface area contributed by atoms with Crippen molar-refractivity contribution in [1.29, 1.82) is 0 Å². The number of nitrogens with one attached hydrogen (secondary N) is 1. The Morgan fingerprint density at radius 1 is 1.00 bits per heavy atom. The Balaban J connectivity index is 2.41. The third-order valence-corrected chi connectivity index (χ3v) is 6.54. The first-order valence-corrected chi connectivity index (χ1v) is 13.8. The van der Waals surface area contributed by atoms with Crippen LogP contribution in [0, 0.1) is 0 Å². The molecule has 2 rings (SSSR count). The Morgan fingerprint density at radius 3 is 2.20 bits per heavy atom. The zero-order chi connectivity index (χ0) is 26.0. The Labute approximate surface area is 209 Å². The summed E-state index contributed by atoms with van der Waals surface area (Å²) in [7, 11) is -3.82. The number of sulfonamides is 1. The van der Waals surface area contributed by atoms with Gasteiger partial charge < -0.3 is 15.0 Å². The molecule has 0 radical (unpaired) electrons. The number of benzene rings is 2. The highest BCUT2D eigenvalue weighted by Gasteiger charge is 2.32. The van der Waals surface area contributed by atoms with Crippen molar-refractivity contribution in [3.05, 3.63) is 60.2 Å². The van der Waals surface area contributed by atoms with Crippen molar-refractivity contribution in [3.63, 3.8) is 0 Å². The minimum Gasteiger partial charge on any atom is -0.492 e. The van der Waals surface area contributed by atoms with Gasteiger partial charge in [0.1, 0.15) is 18.3 Å². The van der Waals surface area contributed by atoms with Crippen molar-refractivity contribution < 1.29 is 22.7 Å². The first-order valence-electron chi connectivity index (χ1n) is 11.9. The lowest BCUT2D eigenvalue weighted by atomic mass is 10.1. The summed E-state index contributed by atoms with van der Waals surface area (Å²) in [5.41, 5.74) is 1.30. The van der Waals surface area contributed by atoms with Gasteiger partial charge in [0, 0.05) is 12.6 Å². The van der Waals surface area contributed by atoms with Crippen molar-refractivity contribution in [1.82, 2.24) is 10.2 Å². The predicted octanol–water partition coefficient (Wildman–Crippen LogP) is 3.23. The second-order valence-electron chi connectivity index (χ2n) is 8.58. The van der Waals surface area contributed by atoms with Crippen LogP contribution >= 0.6 is 0 Å². The molecular formula is C26H37N3O5S. The van der Waals surface area contributed by atoms with Gasteiger partial charge in [-0.2, -0.15) is 0 Å². The highest BCUT2D eigenvalue weighted by molar-refractivity contribution is 7.92. The third-order valence-electron chi connectivity index (χ3n) is 5.41. The van der Waals surface area contributed by atoms with Crippen LogP contribution in [0.25, 0.3) is 0 Å². The number of ether oxygens (including phenoxy) is 1. The molecule has 0 saturated carbocycles. The monoisotopic (exact) mass is 503 g/mol. The number of amides is 2. The molecule has 0 fully saturated rings. The molecule has 0 aliphatic heterocycles. The number of rotatable bonds is 13. The van der Waals surface area contributed by atoms with E-state index in [1.165, 1.54) is 4.90 Å². The van der Waals surface area contributed by atoms with E-state index in [0.717, 1.165) is 16.1 Å². The van der Waals surface area contributed by atoms with Crippen LogP contribution < -0.4 is 14.4 Å². The molecule has 0 heterocycles. The van der Waals surface area contributed by atoms with E-state index in [9.17, 15) is 18.0 Å². The van der Waals surface area contributed by atoms with Gasteiger partial charge in [-0.25, -0.2) is 8.42 Å². The number of nitrogens with zero attached hydrogens (tertiary/aromatic N) is 2. The predicted molar refractivity (Wildman–Crippen MR) is 139 cm³/mol. The summed E-state index contributed by atoms with van der Waals surface area (Å²) in [6.45, 7) is 7.54. The van der Waals surface area contributed by atoms with Crippen molar-refractivity contribution in [2.45, 2.75) is 52.6 Å². The number of para-hydroxylation sites is 2. The second-order valence-corrected chi connectivity index (χ2v) is 10.5. The molecule has 0 bridgehead atoms. The number of carbonyl (C=O) groups excluding carboxylic acids is 2. The van der Waals surface area contributed by atoms with E-state index >= 15 is 0 Å². The highest BCUT2D eigenvalue weighted by atomic mass is 32.2. The molecule has 1 atom stereocenters. The van der Waals surface area contributed by atoms with Crippen LogP contribution in [0.2, 0.25) is 0 Å². The van der Waals surface area contributed by atoms with E-state index in [-0.39, 0.29) is 24.2 Å². The topological polar surface area (TPSA) is 96.0 Å². The summed E-state index contributed by atoms with van der Waals surface area (Å²) in [5, 5.41) is 2.88. The van der Waals surface area contributed by atoms with E-state index < -0.39 is 28.5 Å². The van der Waals surface area contributed by atoms with Gasteiger partial charge in [0.15, 0.2) is 0 Å². The van der Waals surface area contributed by atoms with E-state index in [1.54, 1.807) is 31.2 Å². The Bertz CT molecular complexity index is 1070. The molecule has 35 heavy (non-hydrogen) atoms. The van der Waals surface area contributed by atoms with Crippen LogP contribution in [0.3, 0.4) is 0 Å². The molecule has 9 heteroatoms. The molecule has 0 aliphatic carbocycles. The molecule has 1 N–H and O–H groups in total. The first-order chi connectivity index (χ1) is 16.6. The maximum absolute atomic E-state index is 13.7. The van der Waals surface area contributed by atoms with Crippen LogP contribution in [0.15, 0.2) is 54.6 Å². The molecule has 2 aromatic rings. The normalized spacial score (nSPS) is 12.2. The quantitative estimate of drug-likeness (QED) is 0.453. The van der Waals surface area contributed by atoms with Gasteiger partial charge in [-0.05, 0) is 51.3 Å². The van der Waals surface area contributed by atoms with Crippen molar-refractivity contribution in [2.24, 2.45) is 0 Å². The maximum Gasteiger partial charge on any atom is 0.244 e. The van der Waals surface area contributed by atoms with Gasteiger partial charge in [-0.1, -0.05) is 49.4 Å². The minimum absolute atomic E-state index is 0.0896. The van der Waals surface area contributed by atoms with Crippen LogP contribution in [0.4, 0.5) is 5.69 Å². The summed E-state index contributed by atoms with van der Waals surface area (Å²) in [5.74, 6) is -0.346. The molecule has 8 nitrogen and oxygen atoms in total. The van der Waals surface area contributed by atoms with Crippen LogP contribution in [-0.2, 0) is 26.0 Å². The van der Waals surface area contributed by atoms with Gasteiger partial charge in [0.05, 0.1) is 18.6 Å². The molecule has 0 aromatic heterocycles.